The summed E-state index contributed by atoms with van der Waals surface area (Å²) in [6, 6.07) is 11.9. The van der Waals surface area contributed by atoms with Gasteiger partial charge in [-0.1, -0.05) is 42.3 Å². The molecule has 8 heteroatoms. The minimum atomic E-state index is -0.847. The second-order valence-electron chi connectivity index (χ2n) is 6.16. The predicted molar refractivity (Wildman–Crippen MR) is 109 cm³/mol. The molecule has 0 spiro atoms. The fourth-order valence-electron chi connectivity index (χ4n) is 2.70. The van der Waals surface area contributed by atoms with E-state index in [1.54, 1.807) is 31.2 Å². The molecule has 0 N–H and O–H groups in total. The number of allylic oxidation sites excluding steroid dienone is 2. The zero-order valence-corrected chi connectivity index (χ0v) is 17.1. The van der Waals surface area contributed by atoms with Gasteiger partial charge in [0, 0.05) is 16.1 Å². The van der Waals surface area contributed by atoms with Gasteiger partial charge in [-0.25, -0.2) is 9.59 Å². The van der Waals surface area contributed by atoms with E-state index < -0.39 is 35.0 Å². The van der Waals surface area contributed by atoms with Crippen LogP contribution in [0.5, 0.6) is 0 Å². The third-order valence-corrected chi connectivity index (χ3v) is 4.60. The van der Waals surface area contributed by atoms with Crippen LogP contribution in [0.4, 0.5) is 0 Å². The number of esters is 2. The number of halogens is 2. The molecule has 0 aliphatic heterocycles. The Morgan fingerprint density at radius 2 is 1.40 bits per heavy atom. The van der Waals surface area contributed by atoms with E-state index in [1.165, 1.54) is 24.3 Å². The average Bonchev–Trinajstić information content (AvgIpc) is 2.71. The Balaban J connectivity index is 1.82. The summed E-state index contributed by atoms with van der Waals surface area (Å²) >= 11 is 11.7. The molecular weight excluding hydrogens is 431 g/mol. The minimum absolute atomic E-state index is 0.0771. The summed E-state index contributed by atoms with van der Waals surface area (Å²) in [4.78, 5) is 49.9. The van der Waals surface area contributed by atoms with Gasteiger partial charge in [-0.15, -0.1) is 0 Å². The highest BCUT2D eigenvalue weighted by Gasteiger charge is 2.33. The Hall–Kier alpha value is -3.22. The van der Waals surface area contributed by atoms with Crippen molar-refractivity contribution in [1.82, 2.24) is 0 Å². The summed E-state index contributed by atoms with van der Waals surface area (Å²) in [5.41, 5.74) is 0.156. The Morgan fingerprint density at radius 1 is 0.867 bits per heavy atom. The first-order valence-corrected chi connectivity index (χ1v) is 9.55. The van der Waals surface area contributed by atoms with Crippen LogP contribution in [0.1, 0.15) is 34.1 Å². The number of ether oxygens (including phenoxy) is 2. The summed E-state index contributed by atoms with van der Waals surface area (Å²) in [5.74, 6) is -4.04. The van der Waals surface area contributed by atoms with Gasteiger partial charge in [-0.05, 0) is 42.8 Å². The molecule has 0 atom stereocenters. The standard InChI is InChI=1S/C22H14Cl2O6/c1-2-16-19(26)18(29-21(27)12-5-3-7-14(23)9-12)11-17(25)20(16)30-22(28)13-6-4-8-15(24)10-13/h3-11H,2H2,1H3. The molecule has 0 amide bonds. The molecule has 3 rings (SSSR count). The van der Waals surface area contributed by atoms with Crippen molar-refractivity contribution < 1.29 is 28.7 Å². The molecule has 0 radical (unpaired) electrons. The predicted octanol–water partition coefficient (Wildman–Crippen LogP) is 4.71. The van der Waals surface area contributed by atoms with Crippen molar-refractivity contribution in [3.8, 4) is 0 Å². The number of hydrogen-bond donors (Lipinski definition) is 0. The Kier molecular flexibility index (Phi) is 6.50. The van der Waals surface area contributed by atoms with Crippen LogP contribution in [0.3, 0.4) is 0 Å². The van der Waals surface area contributed by atoms with Crippen LogP contribution in [0, 0.1) is 0 Å². The maximum absolute atomic E-state index is 12.7. The molecule has 30 heavy (non-hydrogen) atoms. The number of benzene rings is 2. The summed E-state index contributed by atoms with van der Waals surface area (Å²) in [6.45, 7) is 1.61. The summed E-state index contributed by atoms with van der Waals surface area (Å²) in [6.07, 6.45) is 0.902. The van der Waals surface area contributed by atoms with Crippen molar-refractivity contribution in [3.63, 3.8) is 0 Å². The van der Waals surface area contributed by atoms with Crippen molar-refractivity contribution in [2.45, 2.75) is 13.3 Å². The summed E-state index contributed by atoms with van der Waals surface area (Å²) < 4.78 is 10.3. The molecule has 2 aromatic carbocycles. The molecule has 0 aromatic heterocycles. The molecule has 1 aliphatic carbocycles. The molecule has 152 valence electrons. The number of carbonyl (C=O) groups excluding carboxylic acids is 4. The van der Waals surface area contributed by atoms with E-state index in [0.29, 0.717) is 10.0 Å². The van der Waals surface area contributed by atoms with E-state index in [9.17, 15) is 19.2 Å². The molecule has 0 unspecified atom stereocenters. The number of rotatable bonds is 5. The molecular formula is C22H14Cl2O6. The van der Waals surface area contributed by atoms with E-state index in [4.69, 9.17) is 32.7 Å². The van der Waals surface area contributed by atoms with E-state index in [-0.39, 0.29) is 23.1 Å². The van der Waals surface area contributed by atoms with Crippen molar-refractivity contribution in [1.29, 1.82) is 0 Å². The van der Waals surface area contributed by atoms with Crippen molar-refractivity contribution in [2.75, 3.05) is 0 Å². The molecule has 2 aromatic rings. The third kappa shape index (κ3) is 4.67. The molecule has 1 aliphatic rings. The first-order chi connectivity index (χ1) is 14.3. The summed E-state index contributed by atoms with van der Waals surface area (Å²) in [5, 5.41) is 0.629. The monoisotopic (exact) mass is 444 g/mol. The van der Waals surface area contributed by atoms with Crippen molar-refractivity contribution >= 4 is 46.7 Å². The van der Waals surface area contributed by atoms with Crippen LogP contribution >= 0.6 is 23.2 Å². The number of hydrogen-bond acceptors (Lipinski definition) is 6. The zero-order chi connectivity index (χ0) is 21.8. The zero-order valence-electron chi connectivity index (χ0n) is 15.6. The number of carbonyl (C=O) groups is 4. The average molecular weight is 445 g/mol. The molecule has 0 bridgehead atoms. The molecule has 0 saturated carbocycles. The summed E-state index contributed by atoms with van der Waals surface area (Å²) in [7, 11) is 0. The van der Waals surface area contributed by atoms with Gasteiger partial charge in [0.15, 0.2) is 11.5 Å². The van der Waals surface area contributed by atoms with Crippen LogP contribution < -0.4 is 0 Å². The van der Waals surface area contributed by atoms with Gasteiger partial charge in [0.1, 0.15) is 0 Å². The SMILES string of the molecule is CCC1=C(OC(=O)c2cccc(Cl)c2)C(=O)C=C(OC(=O)c2cccc(Cl)c2)C1=O. The van der Waals surface area contributed by atoms with Gasteiger partial charge < -0.3 is 9.47 Å². The second-order valence-corrected chi connectivity index (χ2v) is 7.04. The molecule has 0 saturated heterocycles. The van der Waals surface area contributed by atoms with Crippen LogP contribution in [-0.4, -0.2) is 23.5 Å². The Morgan fingerprint density at radius 3 is 1.90 bits per heavy atom. The van der Waals surface area contributed by atoms with Crippen molar-refractivity contribution in [2.24, 2.45) is 0 Å². The van der Waals surface area contributed by atoms with Crippen LogP contribution in [0.2, 0.25) is 10.0 Å². The highest BCUT2D eigenvalue weighted by Crippen LogP contribution is 2.26. The van der Waals surface area contributed by atoms with Gasteiger partial charge in [-0.3, -0.25) is 9.59 Å². The Bertz CT molecular complexity index is 1130. The first-order valence-electron chi connectivity index (χ1n) is 8.79. The number of Topliss-reactive ketones (excluding diaryl/α,β-unsaturated/α-hetero) is 1. The lowest BCUT2D eigenvalue weighted by molar-refractivity contribution is -0.119. The largest absolute Gasteiger partial charge is 0.419 e. The third-order valence-electron chi connectivity index (χ3n) is 4.13. The second kappa shape index (κ2) is 9.07. The quantitative estimate of drug-likeness (QED) is 0.490. The van der Waals surface area contributed by atoms with E-state index >= 15 is 0 Å². The van der Waals surface area contributed by atoms with Gasteiger partial charge in [0.2, 0.25) is 11.6 Å². The molecule has 6 nitrogen and oxygen atoms in total. The molecule has 0 heterocycles. The smallest absolute Gasteiger partial charge is 0.343 e. The lowest BCUT2D eigenvalue weighted by atomic mass is 9.97. The minimum Gasteiger partial charge on any atom is -0.419 e. The first kappa shape index (κ1) is 21.5. The van der Waals surface area contributed by atoms with E-state index in [2.05, 4.69) is 0 Å². The Labute approximate surface area is 181 Å². The lowest BCUT2D eigenvalue weighted by Gasteiger charge is -2.17. The van der Waals surface area contributed by atoms with Gasteiger partial charge >= 0.3 is 11.9 Å². The van der Waals surface area contributed by atoms with Crippen LogP contribution in [0.25, 0.3) is 0 Å². The van der Waals surface area contributed by atoms with Gasteiger partial charge in [0.25, 0.3) is 0 Å². The fraction of sp³-hybridized carbons (Fsp3) is 0.0909. The van der Waals surface area contributed by atoms with Gasteiger partial charge in [-0.2, -0.15) is 0 Å². The van der Waals surface area contributed by atoms with Crippen LogP contribution in [0.15, 0.2) is 71.7 Å². The number of ketones is 2. The van der Waals surface area contributed by atoms with E-state index in [1.807, 2.05) is 0 Å². The maximum atomic E-state index is 12.7. The molecule has 0 fully saturated rings. The highest BCUT2D eigenvalue weighted by atomic mass is 35.5. The van der Waals surface area contributed by atoms with Crippen LogP contribution in [-0.2, 0) is 19.1 Å². The topological polar surface area (TPSA) is 86.7 Å². The van der Waals surface area contributed by atoms with Crippen molar-refractivity contribution in [3.05, 3.63) is 92.9 Å². The highest BCUT2D eigenvalue weighted by molar-refractivity contribution is 6.31. The maximum Gasteiger partial charge on any atom is 0.343 e. The fourth-order valence-corrected chi connectivity index (χ4v) is 3.08. The lowest BCUT2D eigenvalue weighted by Crippen LogP contribution is -2.25. The van der Waals surface area contributed by atoms with Gasteiger partial charge in [0.05, 0.1) is 16.7 Å². The normalized spacial score (nSPS) is 13.8. The van der Waals surface area contributed by atoms with E-state index in [0.717, 1.165) is 6.08 Å².